The van der Waals surface area contributed by atoms with E-state index in [4.69, 9.17) is 51.1 Å². The average Bonchev–Trinajstić information content (AvgIpc) is 3.10. The monoisotopic (exact) mass is 460 g/mol. The molecule has 0 spiro atoms. The molecule has 0 aliphatic heterocycles. The van der Waals surface area contributed by atoms with Crippen LogP contribution in [0.3, 0.4) is 0 Å². The molecule has 0 N–H and O–H groups in total. The summed E-state index contributed by atoms with van der Waals surface area (Å²) in [4.78, 5) is 17.1. The number of thioether (sulfide) groups is 1. The summed E-state index contributed by atoms with van der Waals surface area (Å²) in [5.74, 6) is 0. The standard InChI is InChI=1S/C18H12Cl4N2O2S/c19-11-1-3-13(14(21)7-11)16(9-24-6-5-23-10-24)26-18(25)27-17-4-2-12(20)8-15(17)22/h1-8,10,16H,9H2. The van der Waals surface area contributed by atoms with Gasteiger partial charge in [-0.1, -0.05) is 52.5 Å². The van der Waals surface area contributed by atoms with Crippen LogP contribution in [0.4, 0.5) is 4.79 Å². The molecule has 0 bridgehead atoms. The van der Waals surface area contributed by atoms with Crippen molar-refractivity contribution in [2.24, 2.45) is 0 Å². The molecular formula is C18H12Cl4N2O2S. The van der Waals surface area contributed by atoms with Gasteiger partial charge in [0, 0.05) is 37.9 Å². The van der Waals surface area contributed by atoms with Crippen molar-refractivity contribution >= 4 is 63.5 Å². The van der Waals surface area contributed by atoms with Gasteiger partial charge in [-0.2, -0.15) is 0 Å². The van der Waals surface area contributed by atoms with E-state index in [1.807, 2.05) is 0 Å². The van der Waals surface area contributed by atoms with E-state index in [1.165, 1.54) is 0 Å². The maximum absolute atomic E-state index is 12.5. The van der Waals surface area contributed by atoms with Crippen molar-refractivity contribution in [2.45, 2.75) is 17.5 Å². The fourth-order valence-electron chi connectivity index (χ4n) is 2.34. The molecule has 0 aliphatic carbocycles. The molecule has 0 amide bonds. The van der Waals surface area contributed by atoms with E-state index in [0.29, 0.717) is 37.1 Å². The highest BCUT2D eigenvalue weighted by molar-refractivity contribution is 8.13. The first-order chi connectivity index (χ1) is 12.9. The van der Waals surface area contributed by atoms with E-state index in [2.05, 4.69) is 4.98 Å². The van der Waals surface area contributed by atoms with Gasteiger partial charge in [0.1, 0.15) is 6.10 Å². The van der Waals surface area contributed by atoms with E-state index < -0.39 is 11.4 Å². The number of benzene rings is 2. The van der Waals surface area contributed by atoms with E-state index in [1.54, 1.807) is 59.7 Å². The summed E-state index contributed by atoms with van der Waals surface area (Å²) in [6.45, 7) is 0.349. The summed E-state index contributed by atoms with van der Waals surface area (Å²) in [6, 6.07) is 9.92. The Kier molecular flexibility index (Phi) is 6.95. The van der Waals surface area contributed by atoms with Crippen LogP contribution >= 0.6 is 58.2 Å². The first-order valence-electron chi connectivity index (χ1n) is 7.66. The molecule has 3 rings (SSSR count). The number of aromatic nitrogens is 2. The lowest BCUT2D eigenvalue weighted by molar-refractivity contribution is 0.111. The first kappa shape index (κ1) is 20.4. The number of hydrogen-bond donors (Lipinski definition) is 0. The van der Waals surface area contributed by atoms with E-state index in [0.717, 1.165) is 11.8 Å². The zero-order valence-corrected chi connectivity index (χ0v) is 17.5. The fraction of sp³-hybridized carbons (Fsp3) is 0.111. The van der Waals surface area contributed by atoms with E-state index in [9.17, 15) is 4.79 Å². The molecule has 0 saturated heterocycles. The molecule has 9 heteroatoms. The maximum atomic E-state index is 12.5. The van der Waals surface area contributed by atoms with Gasteiger partial charge in [0.2, 0.25) is 0 Å². The molecule has 1 heterocycles. The second kappa shape index (κ2) is 9.22. The van der Waals surface area contributed by atoms with Gasteiger partial charge in [0.05, 0.1) is 17.9 Å². The molecule has 27 heavy (non-hydrogen) atoms. The smallest absolute Gasteiger partial charge is 0.372 e. The van der Waals surface area contributed by atoms with Crippen molar-refractivity contribution in [1.82, 2.24) is 9.55 Å². The Bertz CT molecular complexity index is 951. The van der Waals surface area contributed by atoms with Crippen LogP contribution in [-0.2, 0) is 11.3 Å². The fourth-order valence-corrected chi connectivity index (χ4v) is 4.03. The lowest BCUT2D eigenvalue weighted by atomic mass is 10.1. The second-order valence-corrected chi connectivity index (χ2v) is 8.12. The quantitative estimate of drug-likeness (QED) is 0.298. The minimum Gasteiger partial charge on any atom is -0.447 e. The van der Waals surface area contributed by atoms with E-state index in [-0.39, 0.29) is 0 Å². The van der Waals surface area contributed by atoms with Crippen LogP contribution < -0.4 is 0 Å². The third-order valence-electron chi connectivity index (χ3n) is 3.57. The van der Waals surface area contributed by atoms with Crippen LogP contribution in [0.15, 0.2) is 60.0 Å². The summed E-state index contributed by atoms with van der Waals surface area (Å²) in [5, 5.41) is 1.26. The summed E-state index contributed by atoms with van der Waals surface area (Å²) >= 11 is 25.2. The summed E-state index contributed by atoms with van der Waals surface area (Å²) in [5.41, 5.74) is 0.644. The Balaban J connectivity index is 1.81. The number of ether oxygens (including phenoxy) is 1. The molecule has 3 aromatic rings. The van der Waals surface area contributed by atoms with Crippen LogP contribution in [0.5, 0.6) is 0 Å². The van der Waals surface area contributed by atoms with Crippen LogP contribution in [0.25, 0.3) is 0 Å². The second-order valence-electron chi connectivity index (χ2n) is 5.46. The molecule has 2 aromatic carbocycles. The van der Waals surface area contributed by atoms with Crippen LogP contribution in [0.1, 0.15) is 11.7 Å². The van der Waals surface area contributed by atoms with Crippen LogP contribution in [-0.4, -0.2) is 14.9 Å². The molecule has 0 radical (unpaired) electrons. The maximum Gasteiger partial charge on any atom is 0.372 e. The van der Waals surface area contributed by atoms with Crippen molar-refractivity contribution in [3.05, 3.63) is 80.8 Å². The molecule has 1 aromatic heterocycles. The van der Waals surface area contributed by atoms with Gasteiger partial charge in [0.25, 0.3) is 0 Å². The van der Waals surface area contributed by atoms with Crippen molar-refractivity contribution in [2.75, 3.05) is 0 Å². The average molecular weight is 462 g/mol. The Morgan fingerprint density at radius 1 is 1.07 bits per heavy atom. The third kappa shape index (κ3) is 5.56. The van der Waals surface area contributed by atoms with Gasteiger partial charge in [-0.25, -0.2) is 9.78 Å². The molecule has 4 nitrogen and oxygen atoms in total. The third-order valence-corrected chi connectivity index (χ3v) is 5.63. The molecule has 1 atom stereocenters. The summed E-state index contributed by atoms with van der Waals surface area (Å²) in [6.07, 6.45) is 4.42. The number of halogens is 4. The van der Waals surface area contributed by atoms with E-state index >= 15 is 0 Å². The predicted molar refractivity (Wildman–Crippen MR) is 110 cm³/mol. The Hall–Kier alpha value is -1.37. The lowest BCUT2D eigenvalue weighted by Gasteiger charge is -2.20. The minimum absolute atomic E-state index is 0.349. The van der Waals surface area contributed by atoms with Gasteiger partial charge in [-0.05, 0) is 42.1 Å². The number of hydrogen-bond acceptors (Lipinski definition) is 4. The lowest BCUT2D eigenvalue weighted by Crippen LogP contribution is -2.14. The highest BCUT2D eigenvalue weighted by Crippen LogP contribution is 2.34. The minimum atomic E-state index is -0.630. The molecule has 0 saturated carbocycles. The first-order valence-corrected chi connectivity index (χ1v) is 9.99. The van der Waals surface area contributed by atoms with Crippen molar-refractivity contribution in [3.8, 4) is 0 Å². The zero-order chi connectivity index (χ0) is 19.4. The SMILES string of the molecule is O=C(OC(Cn1ccnc1)c1ccc(Cl)cc1Cl)Sc1ccc(Cl)cc1Cl. The normalized spacial score (nSPS) is 12.0. The van der Waals surface area contributed by atoms with Crippen molar-refractivity contribution < 1.29 is 9.53 Å². The molecule has 0 aliphatic rings. The molecule has 1 unspecified atom stereocenters. The summed E-state index contributed by atoms with van der Waals surface area (Å²) in [7, 11) is 0. The van der Waals surface area contributed by atoms with Gasteiger partial charge in [-0.3, -0.25) is 0 Å². The predicted octanol–water partition coefficient (Wildman–Crippen LogP) is 7.17. The van der Waals surface area contributed by atoms with Gasteiger partial charge in [-0.15, -0.1) is 0 Å². The molecular weight excluding hydrogens is 450 g/mol. The Morgan fingerprint density at radius 3 is 2.41 bits per heavy atom. The van der Waals surface area contributed by atoms with Crippen molar-refractivity contribution in [3.63, 3.8) is 0 Å². The zero-order valence-electron chi connectivity index (χ0n) is 13.6. The number of carbonyl (C=O) groups excluding carboxylic acids is 1. The number of carbonyl (C=O) groups is 1. The highest BCUT2D eigenvalue weighted by atomic mass is 35.5. The summed E-state index contributed by atoms with van der Waals surface area (Å²) < 4.78 is 7.47. The van der Waals surface area contributed by atoms with Gasteiger partial charge < -0.3 is 9.30 Å². The Morgan fingerprint density at radius 2 is 1.78 bits per heavy atom. The molecule has 140 valence electrons. The van der Waals surface area contributed by atoms with Crippen molar-refractivity contribution in [1.29, 1.82) is 0 Å². The van der Waals surface area contributed by atoms with Gasteiger partial charge in [0.15, 0.2) is 0 Å². The Labute approximate surface area is 180 Å². The molecule has 0 fully saturated rings. The largest absolute Gasteiger partial charge is 0.447 e. The number of rotatable bonds is 5. The highest BCUT2D eigenvalue weighted by Gasteiger charge is 2.22. The topological polar surface area (TPSA) is 44.1 Å². The van der Waals surface area contributed by atoms with Gasteiger partial charge >= 0.3 is 5.30 Å². The van der Waals surface area contributed by atoms with Crippen LogP contribution in [0, 0.1) is 0 Å². The number of nitrogens with zero attached hydrogens (tertiary/aromatic N) is 2. The van der Waals surface area contributed by atoms with Crippen LogP contribution in [0.2, 0.25) is 20.1 Å². The number of imidazole rings is 1.